The highest BCUT2D eigenvalue weighted by Gasteiger charge is 2.31. The monoisotopic (exact) mass is 493 g/mol. The number of aryl methyl sites for hydroxylation is 2. The van der Waals surface area contributed by atoms with Crippen LogP contribution in [0.15, 0.2) is 42.5 Å². The molecule has 0 aromatic heterocycles. The minimum Gasteiger partial charge on any atom is -0.391 e. The zero-order valence-corrected chi connectivity index (χ0v) is 20.6. The van der Waals surface area contributed by atoms with Gasteiger partial charge in [-0.15, -0.1) is 0 Å². The van der Waals surface area contributed by atoms with Crippen molar-refractivity contribution in [2.75, 3.05) is 18.9 Å². The third-order valence-corrected chi connectivity index (χ3v) is 5.77. The third kappa shape index (κ3) is 8.99. The van der Waals surface area contributed by atoms with Crippen LogP contribution in [0.4, 0.5) is 18.9 Å². The van der Waals surface area contributed by atoms with Crippen LogP contribution in [-0.4, -0.2) is 47.6 Å². The number of anilines is 1. The van der Waals surface area contributed by atoms with E-state index in [0.717, 1.165) is 23.3 Å². The fourth-order valence-electron chi connectivity index (χ4n) is 3.77. The van der Waals surface area contributed by atoms with Crippen molar-refractivity contribution in [3.63, 3.8) is 0 Å². The molecule has 0 spiro atoms. The normalized spacial score (nSPS) is 13.4. The number of rotatable bonds is 11. The minimum atomic E-state index is -4.54. The lowest BCUT2D eigenvalue weighted by Gasteiger charge is -2.29. The number of alkyl halides is 3. The molecule has 0 unspecified atom stereocenters. The smallest absolute Gasteiger partial charge is 0.391 e. The van der Waals surface area contributed by atoms with Crippen molar-refractivity contribution in [3.8, 4) is 0 Å². The van der Waals surface area contributed by atoms with Crippen molar-refractivity contribution < 1.29 is 27.9 Å². The Morgan fingerprint density at radius 1 is 1.06 bits per heavy atom. The lowest BCUT2D eigenvalue weighted by atomic mass is 10.0. The van der Waals surface area contributed by atoms with Crippen LogP contribution in [0.3, 0.4) is 0 Å². The maximum atomic E-state index is 13.0. The molecule has 192 valence electrons. The fraction of sp³-hybridized carbons (Fsp3) is 0.462. The predicted octanol–water partition coefficient (Wildman–Crippen LogP) is 4.43. The molecule has 2 aromatic carbocycles. The largest absolute Gasteiger partial charge is 0.416 e. The Kier molecular flexibility index (Phi) is 10.3. The van der Waals surface area contributed by atoms with Gasteiger partial charge in [-0.3, -0.25) is 14.5 Å². The summed E-state index contributed by atoms with van der Waals surface area (Å²) in [4.78, 5) is 27.0. The van der Waals surface area contributed by atoms with E-state index in [1.807, 2.05) is 50.1 Å². The summed E-state index contributed by atoms with van der Waals surface area (Å²) >= 11 is 0. The van der Waals surface area contributed by atoms with Gasteiger partial charge in [-0.2, -0.15) is 13.2 Å². The summed E-state index contributed by atoms with van der Waals surface area (Å²) in [5.74, 6) is -1.35. The molecule has 35 heavy (non-hydrogen) atoms. The van der Waals surface area contributed by atoms with E-state index < -0.39 is 42.1 Å². The van der Waals surface area contributed by atoms with Gasteiger partial charge in [-0.05, 0) is 56.1 Å². The van der Waals surface area contributed by atoms with Gasteiger partial charge < -0.3 is 15.7 Å². The van der Waals surface area contributed by atoms with Crippen LogP contribution < -0.4 is 10.6 Å². The van der Waals surface area contributed by atoms with Crippen LogP contribution in [0.2, 0.25) is 0 Å². The third-order valence-electron chi connectivity index (χ3n) is 5.77. The summed E-state index contributed by atoms with van der Waals surface area (Å²) < 4.78 is 39.0. The first kappa shape index (κ1) is 28.3. The highest BCUT2D eigenvalue weighted by molar-refractivity contribution is 6.04. The SMILES string of the molecule is CCC[C@H](O)[C@H](CN(C)Cc1ccccc1C)NC(=O)CC(=O)Nc1cc(C(F)(F)F)ccc1C. The molecule has 2 aromatic rings. The number of amides is 2. The summed E-state index contributed by atoms with van der Waals surface area (Å²) in [6.45, 7) is 6.48. The maximum Gasteiger partial charge on any atom is 0.416 e. The number of carbonyl (C=O) groups is 2. The number of nitrogens with zero attached hydrogens (tertiary/aromatic N) is 1. The van der Waals surface area contributed by atoms with Crippen LogP contribution in [-0.2, 0) is 22.3 Å². The molecule has 0 radical (unpaired) electrons. The fourth-order valence-corrected chi connectivity index (χ4v) is 3.77. The van der Waals surface area contributed by atoms with Crippen molar-refractivity contribution in [1.82, 2.24) is 10.2 Å². The molecule has 2 amide bonds. The first-order valence-corrected chi connectivity index (χ1v) is 11.6. The van der Waals surface area contributed by atoms with Gasteiger partial charge in [0, 0.05) is 18.8 Å². The van der Waals surface area contributed by atoms with Crippen molar-refractivity contribution in [3.05, 3.63) is 64.7 Å². The molecule has 0 saturated heterocycles. The summed E-state index contributed by atoms with van der Waals surface area (Å²) in [5.41, 5.74) is 1.82. The van der Waals surface area contributed by atoms with Crippen molar-refractivity contribution >= 4 is 17.5 Å². The molecular weight excluding hydrogens is 459 g/mol. The predicted molar refractivity (Wildman–Crippen MR) is 130 cm³/mol. The molecule has 9 heteroatoms. The topological polar surface area (TPSA) is 81.7 Å². The number of nitrogens with one attached hydrogen (secondary N) is 2. The quantitative estimate of drug-likeness (QED) is 0.405. The number of hydrogen-bond donors (Lipinski definition) is 3. The van der Waals surface area contributed by atoms with Gasteiger partial charge in [-0.1, -0.05) is 43.7 Å². The summed E-state index contributed by atoms with van der Waals surface area (Å²) in [6.07, 6.45) is -4.75. The molecule has 0 aliphatic carbocycles. The first-order chi connectivity index (χ1) is 16.4. The van der Waals surface area contributed by atoms with E-state index in [1.54, 1.807) is 6.92 Å². The molecular formula is C26H34F3N3O3. The van der Waals surface area contributed by atoms with Gasteiger partial charge >= 0.3 is 6.18 Å². The van der Waals surface area contributed by atoms with E-state index in [9.17, 15) is 27.9 Å². The second-order valence-electron chi connectivity index (χ2n) is 8.91. The van der Waals surface area contributed by atoms with Crippen LogP contribution in [0.5, 0.6) is 0 Å². The van der Waals surface area contributed by atoms with E-state index in [4.69, 9.17) is 0 Å². The Labute approximate surface area is 204 Å². The number of aliphatic hydroxyl groups excluding tert-OH is 1. The van der Waals surface area contributed by atoms with Crippen LogP contribution >= 0.6 is 0 Å². The van der Waals surface area contributed by atoms with Crippen LogP contribution in [0, 0.1) is 13.8 Å². The molecule has 6 nitrogen and oxygen atoms in total. The molecule has 0 saturated carbocycles. The highest BCUT2D eigenvalue weighted by Crippen LogP contribution is 2.32. The number of carbonyl (C=O) groups excluding carboxylic acids is 2. The van der Waals surface area contributed by atoms with Gasteiger partial charge in [0.2, 0.25) is 11.8 Å². The summed E-state index contributed by atoms with van der Waals surface area (Å²) in [7, 11) is 1.88. The van der Waals surface area contributed by atoms with E-state index in [2.05, 4.69) is 10.6 Å². The molecule has 3 N–H and O–H groups in total. The van der Waals surface area contributed by atoms with Gasteiger partial charge in [0.05, 0.1) is 17.7 Å². The summed E-state index contributed by atoms with van der Waals surface area (Å²) in [5, 5.41) is 15.7. The van der Waals surface area contributed by atoms with Gasteiger partial charge in [0.25, 0.3) is 0 Å². The number of benzene rings is 2. The zero-order valence-electron chi connectivity index (χ0n) is 20.6. The van der Waals surface area contributed by atoms with Gasteiger partial charge in [0.1, 0.15) is 6.42 Å². The second kappa shape index (κ2) is 12.7. The van der Waals surface area contributed by atoms with Crippen molar-refractivity contribution in [2.24, 2.45) is 0 Å². The molecule has 0 fully saturated rings. The average Bonchev–Trinajstić information content (AvgIpc) is 2.75. The Hall–Kier alpha value is -2.91. The van der Waals surface area contributed by atoms with E-state index in [1.165, 1.54) is 6.07 Å². The molecule has 2 rings (SSSR count). The highest BCUT2D eigenvalue weighted by atomic mass is 19.4. The molecule has 0 aliphatic rings. The zero-order chi connectivity index (χ0) is 26.2. The molecule has 0 bridgehead atoms. The standard InChI is InChI=1S/C26H34F3N3O3/c1-5-8-23(33)22(16-32(4)15-19-10-7-6-9-17(19)2)31-25(35)14-24(34)30-21-13-20(26(27,28)29)12-11-18(21)3/h6-7,9-13,22-23,33H,5,8,14-16H2,1-4H3,(H,30,34)(H,31,35)/t22-,23-/m0/s1. The number of halogens is 3. The number of aliphatic hydroxyl groups is 1. The van der Waals surface area contributed by atoms with E-state index in [-0.39, 0.29) is 5.69 Å². The molecule has 0 aliphatic heterocycles. The minimum absolute atomic E-state index is 0.00171. The Bertz CT molecular complexity index is 1010. The van der Waals surface area contributed by atoms with Gasteiger partial charge in [-0.25, -0.2) is 0 Å². The summed E-state index contributed by atoms with van der Waals surface area (Å²) in [6, 6.07) is 10.4. The number of hydrogen-bond acceptors (Lipinski definition) is 4. The maximum absolute atomic E-state index is 13.0. The Morgan fingerprint density at radius 3 is 2.37 bits per heavy atom. The average molecular weight is 494 g/mol. The molecule has 0 heterocycles. The number of likely N-dealkylation sites (N-methyl/N-ethyl adjacent to an activating group) is 1. The Balaban J connectivity index is 2.02. The van der Waals surface area contributed by atoms with Crippen LogP contribution in [0.25, 0.3) is 0 Å². The lowest BCUT2D eigenvalue weighted by Crippen LogP contribution is -2.50. The Morgan fingerprint density at radius 2 is 1.74 bits per heavy atom. The first-order valence-electron chi connectivity index (χ1n) is 11.6. The van der Waals surface area contributed by atoms with Crippen molar-refractivity contribution in [1.29, 1.82) is 0 Å². The second-order valence-corrected chi connectivity index (χ2v) is 8.91. The molecule has 2 atom stereocenters. The van der Waals surface area contributed by atoms with Crippen LogP contribution in [0.1, 0.15) is 48.4 Å². The van der Waals surface area contributed by atoms with E-state index in [0.29, 0.717) is 31.5 Å². The van der Waals surface area contributed by atoms with E-state index >= 15 is 0 Å². The lowest BCUT2D eigenvalue weighted by molar-refractivity contribution is -0.137. The van der Waals surface area contributed by atoms with Gasteiger partial charge in [0.15, 0.2) is 0 Å². The van der Waals surface area contributed by atoms with Crippen molar-refractivity contribution in [2.45, 2.75) is 64.9 Å².